The van der Waals surface area contributed by atoms with Crippen molar-refractivity contribution < 1.29 is 23.5 Å². The smallest absolute Gasteiger partial charge is 0.294 e. The molecule has 0 spiro atoms. The van der Waals surface area contributed by atoms with Crippen molar-refractivity contribution in [1.82, 2.24) is 0 Å². The molecule has 0 fully saturated rings. The highest BCUT2D eigenvalue weighted by Crippen LogP contribution is 2.43. The molecule has 34 heavy (non-hydrogen) atoms. The number of Topliss-reactive ketones (excluding diaryl/α,β-unsaturated/α-hetero) is 1. The molecule has 0 aliphatic carbocycles. The van der Waals surface area contributed by atoms with Gasteiger partial charge in [0.05, 0.1) is 11.6 Å². The molecule has 1 amide bonds. The summed E-state index contributed by atoms with van der Waals surface area (Å²) in [5.41, 5.74) is 2.72. The van der Waals surface area contributed by atoms with Gasteiger partial charge in [0.15, 0.2) is 11.5 Å². The third kappa shape index (κ3) is 3.53. The number of ketones is 1. The largest absolute Gasteiger partial charge is 0.503 e. The van der Waals surface area contributed by atoms with Crippen molar-refractivity contribution in [1.29, 1.82) is 0 Å². The van der Waals surface area contributed by atoms with Crippen LogP contribution in [0.1, 0.15) is 33.3 Å². The normalized spacial score (nSPS) is 16.1. The summed E-state index contributed by atoms with van der Waals surface area (Å²) in [7, 11) is 0. The first-order valence-electron chi connectivity index (χ1n) is 10.6. The Labute approximate surface area is 203 Å². The number of furan rings is 1. The average molecular weight is 520 g/mol. The van der Waals surface area contributed by atoms with Gasteiger partial charge >= 0.3 is 0 Å². The molecule has 0 bridgehead atoms. The number of aryl methyl sites for hydroxylation is 2. The number of hydrogen-bond donors (Lipinski definition) is 1. The summed E-state index contributed by atoms with van der Waals surface area (Å²) in [5.74, 6) is -2.83. The molecule has 170 valence electrons. The van der Waals surface area contributed by atoms with Gasteiger partial charge in [0.25, 0.3) is 5.91 Å². The van der Waals surface area contributed by atoms with E-state index in [1.807, 2.05) is 19.9 Å². The first kappa shape index (κ1) is 22.1. The molecular formula is C27H19BrFNO4. The van der Waals surface area contributed by atoms with Gasteiger partial charge in [-0.15, -0.1) is 0 Å². The molecule has 0 saturated heterocycles. The van der Waals surface area contributed by atoms with E-state index in [2.05, 4.69) is 15.9 Å². The first-order chi connectivity index (χ1) is 16.3. The molecular weight excluding hydrogens is 501 g/mol. The van der Waals surface area contributed by atoms with Crippen LogP contribution in [0.4, 0.5) is 10.1 Å². The van der Waals surface area contributed by atoms with Crippen molar-refractivity contribution in [2.75, 3.05) is 4.90 Å². The summed E-state index contributed by atoms with van der Waals surface area (Å²) in [6, 6.07) is 16.9. The van der Waals surface area contributed by atoms with Crippen LogP contribution in [0.15, 0.2) is 87.0 Å². The summed E-state index contributed by atoms with van der Waals surface area (Å²) in [6.07, 6.45) is 0. The van der Waals surface area contributed by atoms with Crippen LogP contribution in [0.5, 0.6) is 0 Å². The second-order valence-corrected chi connectivity index (χ2v) is 9.17. The second-order valence-electron chi connectivity index (χ2n) is 8.25. The van der Waals surface area contributed by atoms with E-state index < -0.39 is 29.3 Å². The summed E-state index contributed by atoms with van der Waals surface area (Å²) < 4.78 is 21.5. The molecule has 4 aromatic rings. The molecule has 5 nitrogen and oxygen atoms in total. The summed E-state index contributed by atoms with van der Waals surface area (Å²) in [4.78, 5) is 28.1. The monoisotopic (exact) mass is 519 g/mol. The van der Waals surface area contributed by atoms with E-state index in [4.69, 9.17) is 4.42 Å². The predicted octanol–water partition coefficient (Wildman–Crippen LogP) is 6.73. The van der Waals surface area contributed by atoms with Gasteiger partial charge in [-0.05, 0) is 67.4 Å². The molecule has 1 N–H and O–H groups in total. The number of aliphatic hydroxyl groups excluding tert-OH is 1. The number of benzene rings is 3. The zero-order valence-electron chi connectivity index (χ0n) is 18.3. The molecule has 7 heteroatoms. The van der Waals surface area contributed by atoms with Crippen LogP contribution >= 0.6 is 15.9 Å². The SMILES string of the molecule is Cc1ccc(N2C(=O)C(O)=C(C(=O)c3cc4cc(Br)ccc4o3)C2c2ccccc2F)cc1C. The molecule has 1 aliphatic rings. The highest BCUT2D eigenvalue weighted by molar-refractivity contribution is 9.10. The maximum absolute atomic E-state index is 15.0. The van der Waals surface area contributed by atoms with Gasteiger partial charge in [-0.2, -0.15) is 0 Å². The van der Waals surface area contributed by atoms with Crippen LogP contribution < -0.4 is 4.90 Å². The highest BCUT2D eigenvalue weighted by atomic mass is 79.9. The Morgan fingerprint density at radius 1 is 1.03 bits per heavy atom. The summed E-state index contributed by atoms with van der Waals surface area (Å²) in [6.45, 7) is 3.83. The van der Waals surface area contributed by atoms with Crippen molar-refractivity contribution in [3.63, 3.8) is 0 Å². The molecule has 3 aromatic carbocycles. The highest BCUT2D eigenvalue weighted by Gasteiger charge is 2.46. The number of halogens is 2. The Hall–Kier alpha value is -3.71. The standard InChI is InChI=1S/C27H19BrFNO4/c1-14-7-9-18(11-15(14)2)30-24(19-5-3-4-6-20(19)29)23(26(32)27(30)33)25(31)22-13-16-12-17(28)8-10-21(16)34-22/h3-13,24,32H,1-2H3. The Kier molecular flexibility index (Phi) is 5.37. The van der Waals surface area contributed by atoms with E-state index in [1.54, 1.807) is 42.5 Å². The minimum Gasteiger partial charge on any atom is -0.503 e. The number of rotatable bonds is 4. The van der Waals surface area contributed by atoms with E-state index in [9.17, 15) is 19.1 Å². The van der Waals surface area contributed by atoms with Crippen molar-refractivity contribution in [2.45, 2.75) is 19.9 Å². The fraction of sp³-hybridized carbons (Fsp3) is 0.111. The molecule has 1 atom stereocenters. The number of aliphatic hydroxyl groups is 1. The summed E-state index contributed by atoms with van der Waals surface area (Å²) >= 11 is 3.39. The molecule has 5 rings (SSSR count). The Bertz CT molecular complexity index is 1520. The van der Waals surface area contributed by atoms with Gasteiger partial charge < -0.3 is 9.52 Å². The number of nitrogens with zero attached hydrogens (tertiary/aromatic N) is 1. The van der Waals surface area contributed by atoms with Crippen LogP contribution in [-0.4, -0.2) is 16.8 Å². The number of anilines is 1. The molecule has 0 radical (unpaired) electrons. The molecule has 1 aliphatic heterocycles. The minimum absolute atomic E-state index is 0.0503. The van der Waals surface area contributed by atoms with Crippen LogP contribution in [-0.2, 0) is 4.79 Å². The lowest BCUT2D eigenvalue weighted by Crippen LogP contribution is -2.31. The lowest BCUT2D eigenvalue weighted by atomic mass is 9.94. The topological polar surface area (TPSA) is 70.8 Å². The van der Waals surface area contributed by atoms with E-state index >= 15 is 0 Å². The number of fused-ring (bicyclic) bond motifs is 1. The van der Waals surface area contributed by atoms with Gasteiger partial charge in [-0.3, -0.25) is 14.5 Å². The van der Waals surface area contributed by atoms with E-state index in [0.29, 0.717) is 16.7 Å². The van der Waals surface area contributed by atoms with Crippen LogP contribution in [0.2, 0.25) is 0 Å². The van der Waals surface area contributed by atoms with Crippen molar-refractivity contribution in [3.8, 4) is 0 Å². The number of hydrogen-bond acceptors (Lipinski definition) is 4. The molecule has 0 saturated carbocycles. The first-order valence-corrected chi connectivity index (χ1v) is 11.4. The number of carbonyl (C=O) groups is 2. The maximum Gasteiger partial charge on any atom is 0.294 e. The van der Waals surface area contributed by atoms with Crippen molar-refractivity contribution in [3.05, 3.63) is 111 Å². The lowest BCUT2D eigenvalue weighted by Gasteiger charge is -2.27. The third-order valence-electron chi connectivity index (χ3n) is 6.12. The summed E-state index contributed by atoms with van der Waals surface area (Å²) in [5, 5.41) is 11.6. The van der Waals surface area contributed by atoms with Gasteiger partial charge in [-0.1, -0.05) is 40.2 Å². The van der Waals surface area contributed by atoms with Crippen LogP contribution in [0.25, 0.3) is 11.0 Å². The van der Waals surface area contributed by atoms with Crippen molar-refractivity contribution in [2.24, 2.45) is 0 Å². The Balaban J connectivity index is 1.68. The van der Waals surface area contributed by atoms with Crippen LogP contribution in [0.3, 0.4) is 0 Å². The van der Waals surface area contributed by atoms with Gasteiger partial charge in [-0.25, -0.2) is 4.39 Å². The zero-order valence-corrected chi connectivity index (χ0v) is 19.9. The Morgan fingerprint density at radius 2 is 1.79 bits per heavy atom. The molecule has 1 unspecified atom stereocenters. The van der Waals surface area contributed by atoms with Gasteiger partial charge in [0, 0.05) is 21.1 Å². The van der Waals surface area contributed by atoms with E-state index in [1.165, 1.54) is 23.1 Å². The predicted molar refractivity (Wildman–Crippen MR) is 130 cm³/mol. The lowest BCUT2D eigenvalue weighted by molar-refractivity contribution is -0.117. The van der Waals surface area contributed by atoms with Crippen LogP contribution in [0, 0.1) is 19.7 Å². The quantitative estimate of drug-likeness (QED) is 0.303. The average Bonchev–Trinajstić information content (AvgIpc) is 3.34. The second kappa shape index (κ2) is 8.25. The fourth-order valence-electron chi connectivity index (χ4n) is 4.23. The maximum atomic E-state index is 15.0. The minimum atomic E-state index is -1.16. The third-order valence-corrected chi connectivity index (χ3v) is 6.62. The number of amides is 1. The van der Waals surface area contributed by atoms with Crippen molar-refractivity contribution >= 4 is 44.3 Å². The Morgan fingerprint density at radius 3 is 2.53 bits per heavy atom. The van der Waals surface area contributed by atoms with E-state index in [0.717, 1.165) is 15.6 Å². The van der Waals surface area contributed by atoms with Gasteiger partial charge in [0.2, 0.25) is 5.78 Å². The zero-order chi connectivity index (χ0) is 24.1. The van der Waals surface area contributed by atoms with E-state index in [-0.39, 0.29) is 16.9 Å². The molecule has 1 aromatic heterocycles. The van der Waals surface area contributed by atoms with Gasteiger partial charge in [0.1, 0.15) is 11.4 Å². The molecule has 2 heterocycles. The number of carbonyl (C=O) groups excluding carboxylic acids is 2. The fourth-order valence-corrected chi connectivity index (χ4v) is 4.61.